The maximum absolute atomic E-state index is 14.4. The molecule has 1 aliphatic rings. The first-order chi connectivity index (χ1) is 16.9. The highest BCUT2D eigenvalue weighted by Crippen LogP contribution is 2.32. The van der Waals surface area contributed by atoms with E-state index in [-0.39, 0.29) is 17.4 Å². The van der Waals surface area contributed by atoms with Gasteiger partial charge in [0.2, 0.25) is 5.91 Å². The summed E-state index contributed by atoms with van der Waals surface area (Å²) in [5.74, 6) is -0.546. The van der Waals surface area contributed by atoms with E-state index >= 15 is 0 Å². The standard InChI is InChI=1S/C26H29BrFN5O2/c27-23-22(18-10-11-19(24(30)34)20(28)13-18)32-25(33-23)21(12-15-4-2-1-3-5-15)31-26(35)17-8-6-16(14-29)7-9-17/h1-5,10-11,13,16-17,21H,6-9,12,14,29H2,(H2,30,34)(H,31,35)(H,32,33)/t16?,17?,21-/m0/s1. The predicted molar refractivity (Wildman–Crippen MR) is 136 cm³/mol. The van der Waals surface area contributed by atoms with Crippen molar-refractivity contribution < 1.29 is 14.0 Å². The molecule has 1 atom stereocenters. The van der Waals surface area contributed by atoms with E-state index in [2.05, 4.69) is 26.2 Å². The van der Waals surface area contributed by atoms with Crippen LogP contribution in [-0.2, 0) is 11.2 Å². The van der Waals surface area contributed by atoms with Crippen LogP contribution in [0.25, 0.3) is 11.3 Å². The molecule has 1 aromatic heterocycles. The fourth-order valence-electron chi connectivity index (χ4n) is 4.60. The van der Waals surface area contributed by atoms with Gasteiger partial charge in [0, 0.05) is 11.5 Å². The number of carbonyl (C=O) groups is 2. The van der Waals surface area contributed by atoms with Crippen LogP contribution in [0, 0.1) is 17.7 Å². The van der Waals surface area contributed by atoms with Crippen molar-refractivity contribution in [1.82, 2.24) is 15.3 Å². The van der Waals surface area contributed by atoms with Crippen LogP contribution in [0.5, 0.6) is 0 Å². The van der Waals surface area contributed by atoms with E-state index in [1.54, 1.807) is 6.07 Å². The molecular formula is C26H29BrFN5O2. The van der Waals surface area contributed by atoms with Gasteiger partial charge < -0.3 is 21.8 Å². The number of nitrogens with zero attached hydrogens (tertiary/aromatic N) is 1. The number of halogens is 2. The van der Waals surface area contributed by atoms with E-state index in [1.165, 1.54) is 12.1 Å². The quantitative estimate of drug-likeness (QED) is 0.340. The number of amides is 2. The maximum atomic E-state index is 14.4. The van der Waals surface area contributed by atoms with E-state index in [9.17, 15) is 14.0 Å². The number of carbonyl (C=O) groups excluding carboxylic acids is 2. The van der Waals surface area contributed by atoms with Gasteiger partial charge >= 0.3 is 0 Å². The lowest BCUT2D eigenvalue weighted by molar-refractivity contribution is -0.127. The van der Waals surface area contributed by atoms with Gasteiger partial charge in [0.25, 0.3) is 5.91 Å². The third-order valence-electron chi connectivity index (χ3n) is 6.67. The molecule has 7 nitrogen and oxygen atoms in total. The summed E-state index contributed by atoms with van der Waals surface area (Å²) in [6, 6.07) is 13.6. The Morgan fingerprint density at radius 1 is 1.14 bits per heavy atom. The molecule has 4 rings (SSSR count). The van der Waals surface area contributed by atoms with Gasteiger partial charge in [0.1, 0.15) is 21.9 Å². The summed E-state index contributed by atoms with van der Waals surface area (Å²) in [4.78, 5) is 32.5. The van der Waals surface area contributed by atoms with Crippen LogP contribution in [0.3, 0.4) is 0 Å². The topological polar surface area (TPSA) is 127 Å². The summed E-state index contributed by atoms with van der Waals surface area (Å²) < 4.78 is 14.9. The summed E-state index contributed by atoms with van der Waals surface area (Å²) in [5.41, 5.74) is 12.8. The lowest BCUT2D eigenvalue weighted by atomic mass is 9.81. The molecule has 0 spiro atoms. The molecule has 1 heterocycles. The number of rotatable bonds is 8. The summed E-state index contributed by atoms with van der Waals surface area (Å²) in [6.45, 7) is 0.662. The minimum atomic E-state index is -0.832. The van der Waals surface area contributed by atoms with Crippen LogP contribution >= 0.6 is 15.9 Å². The number of nitrogens with one attached hydrogen (secondary N) is 2. The predicted octanol–water partition coefficient (Wildman–Crippen LogP) is 4.24. The zero-order valence-corrected chi connectivity index (χ0v) is 20.9. The van der Waals surface area contributed by atoms with Crippen molar-refractivity contribution in [3.63, 3.8) is 0 Å². The molecule has 3 aromatic rings. The SMILES string of the molecule is NCC1CCC(C(=O)N[C@@H](Cc2ccccc2)c2nc(-c3ccc(C(N)=O)c(F)c3)c(Br)[nH]2)CC1. The van der Waals surface area contributed by atoms with E-state index in [4.69, 9.17) is 16.5 Å². The van der Waals surface area contributed by atoms with Gasteiger partial charge in [0.05, 0.1) is 11.6 Å². The number of hydrogen-bond acceptors (Lipinski definition) is 4. The Labute approximate surface area is 212 Å². The van der Waals surface area contributed by atoms with Gasteiger partial charge in [-0.15, -0.1) is 0 Å². The second-order valence-electron chi connectivity index (χ2n) is 9.05. The molecule has 0 radical (unpaired) electrons. The first kappa shape index (κ1) is 25.1. The smallest absolute Gasteiger partial charge is 0.251 e. The first-order valence-corrected chi connectivity index (χ1v) is 12.5. The summed E-state index contributed by atoms with van der Waals surface area (Å²) in [5, 5.41) is 3.19. The highest BCUT2D eigenvalue weighted by Gasteiger charge is 2.29. The fourth-order valence-corrected chi connectivity index (χ4v) is 5.12. The van der Waals surface area contributed by atoms with Crippen LogP contribution in [0.1, 0.15) is 53.5 Å². The third-order valence-corrected chi connectivity index (χ3v) is 7.24. The Hall–Kier alpha value is -3.04. The molecule has 1 fully saturated rings. The van der Waals surface area contributed by atoms with E-state index in [0.717, 1.165) is 31.2 Å². The molecule has 0 bridgehead atoms. The minimum Gasteiger partial charge on any atom is -0.366 e. The van der Waals surface area contributed by atoms with Gasteiger partial charge in [-0.1, -0.05) is 36.4 Å². The molecule has 1 aliphatic carbocycles. The maximum Gasteiger partial charge on any atom is 0.251 e. The number of hydrogen-bond donors (Lipinski definition) is 4. The van der Waals surface area contributed by atoms with Crippen molar-refractivity contribution in [3.8, 4) is 11.3 Å². The van der Waals surface area contributed by atoms with Gasteiger partial charge in [-0.25, -0.2) is 9.37 Å². The summed E-state index contributed by atoms with van der Waals surface area (Å²) in [7, 11) is 0. The third kappa shape index (κ3) is 5.97. The van der Waals surface area contributed by atoms with Crippen LogP contribution in [0.2, 0.25) is 0 Å². The number of primary amides is 1. The molecule has 0 unspecified atom stereocenters. The molecule has 2 aromatic carbocycles. The number of benzene rings is 2. The zero-order valence-electron chi connectivity index (χ0n) is 19.3. The number of imidazole rings is 1. The number of aromatic amines is 1. The van der Waals surface area contributed by atoms with Crippen molar-refractivity contribution in [2.24, 2.45) is 23.3 Å². The molecule has 0 aliphatic heterocycles. The molecule has 0 saturated heterocycles. The first-order valence-electron chi connectivity index (χ1n) is 11.7. The fraction of sp³-hybridized carbons (Fsp3) is 0.346. The molecular weight excluding hydrogens is 513 g/mol. The van der Waals surface area contributed by atoms with Gasteiger partial charge in [-0.2, -0.15) is 0 Å². The minimum absolute atomic E-state index is 0.00679. The summed E-state index contributed by atoms with van der Waals surface area (Å²) >= 11 is 3.48. The lowest BCUT2D eigenvalue weighted by Crippen LogP contribution is -2.37. The largest absolute Gasteiger partial charge is 0.366 e. The number of nitrogens with two attached hydrogens (primary N) is 2. The number of H-pyrrole nitrogens is 1. The monoisotopic (exact) mass is 541 g/mol. The molecule has 1 saturated carbocycles. The Morgan fingerprint density at radius 3 is 2.49 bits per heavy atom. The van der Waals surface area contributed by atoms with E-state index in [1.807, 2.05) is 30.3 Å². The summed E-state index contributed by atoms with van der Waals surface area (Å²) in [6.07, 6.45) is 4.11. The van der Waals surface area contributed by atoms with E-state index in [0.29, 0.717) is 40.6 Å². The lowest BCUT2D eigenvalue weighted by Gasteiger charge is -2.28. The van der Waals surface area contributed by atoms with Crippen molar-refractivity contribution in [3.05, 3.63) is 75.9 Å². The van der Waals surface area contributed by atoms with Gasteiger partial charge in [0.15, 0.2) is 0 Å². The molecule has 35 heavy (non-hydrogen) atoms. The number of aromatic nitrogens is 2. The van der Waals surface area contributed by atoms with Gasteiger partial charge in [-0.05, 0) is 78.2 Å². The Bertz CT molecular complexity index is 1190. The van der Waals surface area contributed by atoms with Crippen molar-refractivity contribution in [2.75, 3.05) is 6.54 Å². The zero-order chi connectivity index (χ0) is 24.9. The van der Waals surface area contributed by atoms with Crippen molar-refractivity contribution in [2.45, 2.75) is 38.1 Å². The average Bonchev–Trinajstić information content (AvgIpc) is 3.25. The van der Waals surface area contributed by atoms with Crippen LogP contribution < -0.4 is 16.8 Å². The molecule has 9 heteroatoms. The van der Waals surface area contributed by atoms with Crippen LogP contribution in [-0.4, -0.2) is 28.3 Å². The Morgan fingerprint density at radius 2 is 1.86 bits per heavy atom. The molecule has 6 N–H and O–H groups in total. The van der Waals surface area contributed by atoms with Crippen LogP contribution in [0.15, 0.2) is 53.1 Å². The molecule has 2 amide bonds. The van der Waals surface area contributed by atoms with Crippen molar-refractivity contribution >= 4 is 27.7 Å². The normalized spacial score (nSPS) is 18.7. The van der Waals surface area contributed by atoms with E-state index < -0.39 is 17.8 Å². The van der Waals surface area contributed by atoms with Gasteiger partial charge in [-0.3, -0.25) is 9.59 Å². The highest BCUT2D eigenvalue weighted by molar-refractivity contribution is 9.10. The van der Waals surface area contributed by atoms with Crippen LogP contribution in [0.4, 0.5) is 4.39 Å². The Balaban J connectivity index is 1.59. The second-order valence-corrected chi connectivity index (χ2v) is 9.84. The van der Waals surface area contributed by atoms with Crippen molar-refractivity contribution in [1.29, 1.82) is 0 Å². The highest BCUT2D eigenvalue weighted by atomic mass is 79.9. The second kappa shape index (κ2) is 11.1. The Kier molecular flexibility index (Phi) is 7.97. The average molecular weight is 542 g/mol. The molecule has 184 valence electrons.